The highest BCUT2D eigenvalue weighted by Gasteiger charge is 2.10. The van der Waals surface area contributed by atoms with Gasteiger partial charge in [-0.15, -0.1) is 0 Å². The zero-order valence-electron chi connectivity index (χ0n) is 12.2. The monoisotopic (exact) mass is 301 g/mol. The number of nitro benzene ring substituents is 1. The second-order valence-corrected chi connectivity index (χ2v) is 4.83. The molecule has 0 unspecified atom stereocenters. The maximum absolute atomic E-state index is 11.6. The first-order valence-electron chi connectivity index (χ1n) is 6.61. The lowest BCUT2D eigenvalue weighted by Gasteiger charge is -2.08. The fourth-order valence-corrected chi connectivity index (χ4v) is 1.89. The van der Waals surface area contributed by atoms with Crippen LogP contribution in [0.2, 0.25) is 0 Å². The van der Waals surface area contributed by atoms with Crippen molar-refractivity contribution >= 4 is 11.8 Å². The highest BCUT2D eigenvalue weighted by molar-refractivity contribution is 5.64. The second-order valence-electron chi connectivity index (χ2n) is 4.83. The lowest BCUT2D eigenvalue weighted by atomic mass is 10.1. The van der Waals surface area contributed by atoms with E-state index in [0.717, 1.165) is 11.1 Å². The number of carbonyl (C=O) groups excluding carboxylic acids is 1. The third-order valence-corrected chi connectivity index (χ3v) is 3.03. The summed E-state index contributed by atoms with van der Waals surface area (Å²) in [5.74, 6) is 0.444. The molecule has 2 rings (SSSR count). The maximum atomic E-state index is 11.6. The number of ether oxygens (including phenoxy) is 2. The smallest absolute Gasteiger partial charge is 0.429 e. The van der Waals surface area contributed by atoms with E-state index >= 15 is 0 Å². The summed E-state index contributed by atoms with van der Waals surface area (Å²) in [7, 11) is 0. The van der Waals surface area contributed by atoms with Crippen molar-refractivity contribution in [2.24, 2.45) is 0 Å². The van der Waals surface area contributed by atoms with Crippen molar-refractivity contribution in [3.8, 4) is 5.75 Å². The van der Waals surface area contributed by atoms with Gasteiger partial charge in [0.15, 0.2) is 0 Å². The molecule has 0 bridgehead atoms. The molecule has 22 heavy (non-hydrogen) atoms. The van der Waals surface area contributed by atoms with Gasteiger partial charge >= 0.3 is 6.16 Å². The molecule has 0 amide bonds. The van der Waals surface area contributed by atoms with E-state index in [0.29, 0.717) is 11.3 Å². The van der Waals surface area contributed by atoms with Crippen LogP contribution in [0.5, 0.6) is 5.75 Å². The molecule has 0 fully saturated rings. The minimum absolute atomic E-state index is 0.0122. The average molecular weight is 301 g/mol. The fourth-order valence-electron chi connectivity index (χ4n) is 1.89. The third-order valence-electron chi connectivity index (χ3n) is 3.03. The van der Waals surface area contributed by atoms with Gasteiger partial charge in [0.1, 0.15) is 12.4 Å². The number of benzene rings is 2. The van der Waals surface area contributed by atoms with Gasteiger partial charge in [0.25, 0.3) is 5.69 Å². The SMILES string of the molecule is Cc1ccc(OC(=O)OCc2ccc([N+](=O)[O-])cc2)c(C)c1. The molecule has 0 aromatic heterocycles. The van der Waals surface area contributed by atoms with Gasteiger partial charge in [0, 0.05) is 12.1 Å². The number of hydrogen-bond donors (Lipinski definition) is 0. The van der Waals surface area contributed by atoms with Crippen LogP contribution in [0.25, 0.3) is 0 Å². The van der Waals surface area contributed by atoms with Crippen LogP contribution >= 0.6 is 0 Å². The largest absolute Gasteiger partial charge is 0.514 e. The Morgan fingerprint density at radius 2 is 1.82 bits per heavy atom. The van der Waals surface area contributed by atoms with Gasteiger partial charge < -0.3 is 9.47 Å². The molecule has 0 saturated heterocycles. The number of rotatable bonds is 4. The normalized spacial score (nSPS) is 10.1. The van der Waals surface area contributed by atoms with Crippen LogP contribution in [0.3, 0.4) is 0 Å². The summed E-state index contributed by atoms with van der Waals surface area (Å²) < 4.78 is 10.1. The summed E-state index contributed by atoms with van der Waals surface area (Å²) >= 11 is 0. The van der Waals surface area contributed by atoms with Crippen LogP contribution in [-0.2, 0) is 11.3 Å². The Morgan fingerprint density at radius 3 is 2.41 bits per heavy atom. The summed E-state index contributed by atoms with van der Waals surface area (Å²) in [6.07, 6.45) is -0.815. The predicted molar refractivity (Wildman–Crippen MR) is 79.8 cm³/mol. The van der Waals surface area contributed by atoms with Gasteiger partial charge in [-0.2, -0.15) is 0 Å². The van der Waals surface area contributed by atoms with E-state index in [2.05, 4.69) is 0 Å². The summed E-state index contributed by atoms with van der Waals surface area (Å²) in [5, 5.41) is 10.5. The molecule has 0 aliphatic rings. The van der Waals surface area contributed by atoms with Gasteiger partial charge in [-0.3, -0.25) is 10.1 Å². The lowest BCUT2D eigenvalue weighted by Crippen LogP contribution is -2.11. The summed E-state index contributed by atoms with van der Waals surface area (Å²) in [5.41, 5.74) is 2.54. The highest BCUT2D eigenvalue weighted by atomic mass is 16.7. The Bertz CT molecular complexity index is 694. The Balaban J connectivity index is 1.91. The third kappa shape index (κ3) is 4.05. The fraction of sp³-hybridized carbons (Fsp3) is 0.188. The summed E-state index contributed by atoms with van der Waals surface area (Å²) in [6, 6.07) is 11.2. The zero-order valence-corrected chi connectivity index (χ0v) is 12.2. The number of non-ortho nitro benzene ring substituents is 1. The first-order chi connectivity index (χ1) is 10.5. The molecule has 2 aromatic rings. The summed E-state index contributed by atoms with van der Waals surface area (Å²) in [4.78, 5) is 21.7. The van der Waals surface area contributed by atoms with Gasteiger partial charge in [-0.25, -0.2) is 4.79 Å². The number of nitro groups is 1. The van der Waals surface area contributed by atoms with E-state index in [4.69, 9.17) is 9.47 Å². The Hall–Kier alpha value is -2.89. The van der Waals surface area contributed by atoms with Crippen molar-refractivity contribution < 1.29 is 19.2 Å². The van der Waals surface area contributed by atoms with Crippen molar-refractivity contribution in [2.75, 3.05) is 0 Å². The molecule has 0 saturated carbocycles. The molecule has 6 nitrogen and oxygen atoms in total. The minimum Gasteiger partial charge on any atom is -0.429 e. The van der Waals surface area contributed by atoms with E-state index in [1.165, 1.54) is 24.3 Å². The molecule has 0 N–H and O–H groups in total. The van der Waals surface area contributed by atoms with Gasteiger partial charge in [-0.1, -0.05) is 17.7 Å². The second kappa shape index (κ2) is 6.71. The van der Waals surface area contributed by atoms with Crippen LogP contribution in [-0.4, -0.2) is 11.1 Å². The number of carbonyl (C=O) groups is 1. The molecule has 0 heterocycles. The quantitative estimate of drug-likeness (QED) is 0.370. The van der Waals surface area contributed by atoms with E-state index in [9.17, 15) is 14.9 Å². The van der Waals surface area contributed by atoms with E-state index in [-0.39, 0.29) is 12.3 Å². The van der Waals surface area contributed by atoms with Gasteiger partial charge in [0.2, 0.25) is 0 Å². The van der Waals surface area contributed by atoms with Crippen LogP contribution in [0, 0.1) is 24.0 Å². The molecule has 0 spiro atoms. The van der Waals surface area contributed by atoms with Crippen LogP contribution in [0.4, 0.5) is 10.5 Å². The van der Waals surface area contributed by atoms with Crippen molar-refractivity contribution in [3.63, 3.8) is 0 Å². The standard InChI is InChI=1S/C16H15NO5/c1-11-3-8-15(12(2)9-11)22-16(18)21-10-13-4-6-14(7-5-13)17(19)20/h3-9H,10H2,1-2H3. The average Bonchev–Trinajstić information content (AvgIpc) is 2.48. The molecule has 0 aliphatic heterocycles. The molecule has 0 atom stereocenters. The van der Waals surface area contributed by atoms with E-state index in [1.807, 2.05) is 26.0 Å². The Kier molecular flexibility index (Phi) is 4.73. The number of hydrogen-bond acceptors (Lipinski definition) is 5. The maximum Gasteiger partial charge on any atom is 0.514 e. The van der Waals surface area contributed by atoms with Crippen LogP contribution < -0.4 is 4.74 Å². The first-order valence-corrected chi connectivity index (χ1v) is 6.61. The van der Waals surface area contributed by atoms with E-state index < -0.39 is 11.1 Å². The predicted octanol–water partition coefficient (Wildman–Crippen LogP) is 3.93. The molecule has 114 valence electrons. The van der Waals surface area contributed by atoms with Gasteiger partial charge in [-0.05, 0) is 43.2 Å². The highest BCUT2D eigenvalue weighted by Crippen LogP contribution is 2.19. The van der Waals surface area contributed by atoms with Crippen LogP contribution in [0.1, 0.15) is 16.7 Å². The van der Waals surface area contributed by atoms with Crippen molar-refractivity contribution in [1.82, 2.24) is 0 Å². The Morgan fingerprint density at radius 1 is 1.14 bits per heavy atom. The van der Waals surface area contributed by atoms with Crippen molar-refractivity contribution in [2.45, 2.75) is 20.5 Å². The minimum atomic E-state index is -0.815. The molecular weight excluding hydrogens is 286 g/mol. The van der Waals surface area contributed by atoms with Crippen molar-refractivity contribution in [3.05, 3.63) is 69.3 Å². The lowest BCUT2D eigenvalue weighted by molar-refractivity contribution is -0.384. The topological polar surface area (TPSA) is 78.7 Å². The number of aryl methyl sites for hydroxylation is 2. The molecule has 0 radical (unpaired) electrons. The number of nitrogens with zero attached hydrogens (tertiary/aromatic N) is 1. The molecule has 0 aliphatic carbocycles. The zero-order chi connectivity index (χ0) is 16.1. The van der Waals surface area contributed by atoms with E-state index in [1.54, 1.807) is 6.07 Å². The van der Waals surface area contributed by atoms with Crippen molar-refractivity contribution in [1.29, 1.82) is 0 Å². The summed E-state index contributed by atoms with van der Waals surface area (Å²) in [6.45, 7) is 3.78. The molecule has 2 aromatic carbocycles. The van der Waals surface area contributed by atoms with Gasteiger partial charge in [0.05, 0.1) is 4.92 Å². The van der Waals surface area contributed by atoms with Crippen LogP contribution in [0.15, 0.2) is 42.5 Å². The Labute approximate surface area is 127 Å². The first kappa shape index (κ1) is 15.5. The molecular formula is C16H15NO5. The molecule has 6 heteroatoms.